The van der Waals surface area contributed by atoms with Gasteiger partial charge in [-0.3, -0.25) is 0 Å². The first-order valence-electron chi connectivity index (χ1n) is 16.1. The molecule has 9 rings (SSSR count). The van der Waals surface area contributed by atoms with E-state index in [-0.39, 0.29) is 0 Å². The summed E-state index contributed by atoms with van der Waals surface area (Å²) in [5.74, 6) is 0. The van der Waals surface area contributed by atoms with Gasteiger partial charge in [-0.2, -0.15) is 0 Å². The minimum Gasteiger partial charge on any atom is -0.135 e. The molecule has 1 heteroatoms. The van der Waals surface area contributed by atoms with Crippen LogP contribution in [0.3, 0.4) is 0 Å². The van der Waals surface area contributed by atoms with Crippen LogP contribution in [0.1, 0.15) is 0 Å². The van der Waals surface area contributed by atoms with Gasteiger partial charge in [-0.05, 0) is 101 Å². The van der Waals surface area contributed by atoms with Gasteiger partial charge in [-0.25, -0.2) is 0 Å². The molecule has 0 nitrogen and oxygen atoms in total. The first kappa shape index (κ1) is 27.5. The van der Waals surface area contributed by atoms with E-state index in [1.54, 1.807) is 0 Å². The molecule has 0 N–H and O–H groups in total. The molecule has 0 amide bonds. The lowest BCUT2D eigenvalue weighted by Crippen LogP contribution is -1.91. The van der Waals surface area contributed by atoms with Crippen LogP contribution in [0.25, 0.3) is 86.6 Å². The first-order chi connectivity index (χ1) is 23.3. The Balaban J connectivity index is 1.25. The molecule has 0 unspecified atom stereocenters. The largest absolute Gasteiger partial charge is 0.135 e. The smallest absolute Gasteiger partial charge is 0.0349 e. The van der Waals surface area contributed by atoms with Crippen LogP contribution in [-0.2, 0) is 0 Å². The molecule has 0 atom stereocenters. The van der Waals surface area contributed by atoms with Crippen molar-refractivity contribution in [2.75, 3.05) is 0 Å². The Hall–Kier alpha value is -5.76. The fraction of sp³-hybridized carbons (Fsp3) is 0. The van der Waals surface area contributed by atoms with Crippen LogP contribution < -0.4 is 0 Å². The van der Waals surface area contributed by atoms with Crippen molar-refractivity contribution < 1.29 is 0 Å². The number of fused-ring (bicyclic) bond motifs is 3. The molecule has 0 spiro atoms. The normalized spacial score (nSPS) is 11.4. The van der Waals surface area contributed by atoms with Gasteiger partial charge in [0.1, 0.15) is 0 Å². The first-order valence-corrected chi connectivity index (χ1v) is 16.9. The van der Waals surface area contributed by atoms with E-state index in [0.29, 0.717) is 0 Å². The highest BCUT2D eigenvalue weighted by atomic mass is 32.1. The molecular weight excluding hydrogens is 585 g/mol. The van der Waals surface area contributed by atoms with Gasteiger partial charge in [0.25, 0.3) is 0 Å². The van der Waals surface area contributed by atoms with Crippen molar-refractivity contribution in [1.82, 2.24) is 0 Å². The molecule has 0 aliphatic heterocycles. The van der Waals surface area contributed by atoms with Gasteiger partial charge >= 0.3 is 0 Å². The lowest BCUT2D eigenvalue weighted by Gasteiger charge is -2.18. The summed E-state index contributed by atoms with van der Waals surface area (Å²) in [4.78, 5) is 2.57. The Morgan fingerprint density at radius 2 is 0.766 bits per heavy atom. The van der Waals surface area contributed by atoms with Crippen molar-refractivity contribution in [3.05, 3.63) is 182 Å². The number of hydrogen-bond acceptors (Lipinski definition) is 1. The van der Waals surface area contributed by atoms with Crippen LogP contribution in [0.5, 0.6) is 0 Å². The maximum Gasteiger partial charge on any atom is 0.0349 e. The minimum absolute atomic E-state index is 1.24. The zero-order valence-electron chi connectivity index (χ0n) is 25.7. The Morgan fingerprint density at radius 1 is 0.277 bits per heavy atom. The van der Waals surface area contributed by atoms with Gasteiger partial charge in [0, 0.05) is 9.75 Å². The van der Waals surface area contributed by atoms with E-state index in [9.17, 15) is 0 Å². The summed E-state index contributed by atoms with van der Waals surface area (Å²) in [6.45, 7) is 0. The molecule has 8 aromatic carbocycles. The average molecular weight is 615 g/mol. The fourth-order valence-corrected chi connectivity index (χ4v) is 8.13. The van der Waals surface area contributed by atoms with Crippen molar-refractivity contribution in [1.29, 1.82) is 0 Å². The summed E-state index contributed by atoms with van der Waals surface area (Å²) in [6, 6.07) is 66.4. The molecule has 220 valence electrons. The summed E-state index contributed by atoms with van der Waals surface area (Å²) in [7, 11) is 0. The van der Waals surface area contributed by atoms with E-state index in [0.717, 1.165) is 0 Å². The number of benzene rings is 8. The number of rotatable bonds is 5. The molecule has 9 aromatic rings. The SMILES string of the molecule is c1ccc(-c2ccc(-c3cccc(-c4c5ccccc5c(-c5ccc6cccc(-c7ccccc7)c6c5)c5ccccc45)c3)s2)cc1. The molecule has 0 aliphatic rings. The van der Waals surface area contributed by atoms with Crippen LogP contribution in [0.4, 0.5) is 0 Å². The quantitative estimate of drug-likeness (QED) is 0.169. The van der Waals surface area contributed by atoms with Gasteiger partial charge < -0.3 is 0 Å². The zero-order valence-corrected chi connectivity index (χ0v) is 26.5. The molecular formula is C46H30S. The third kappa shape index (κ3) is 4.84. The monoisotopic (exact) mass is 614 g/mol. The maximum absolute atomic E-state index is 2.40. The zero-order chi connectivity index (χ0) is 31.2. The molecule has 0 radical (unpaired) electrons. The molecule has 0 bridgehead atoms. The average Bonchev–Trinajstić information content (AvgIpc) is 3.65. The third-order valence-corrected chi connectivity index (χ3v) is 10.5. The Bertz CT molecular complexity index is 2500. The molecule has 0 aliphatic carbocycles. The van der Waals surface area contributed by atoms with E-state index in [1.165, 1.54) is 86.6 Å². The summed E-state index contributed by atoms with van der Waals surface area (Å²) in [5, 5.41) is 7.60. The van der Waals surface area contributed by atoms with Crippen molar-refractivity contribution in [3.63, 3.8) is 0 Å². The van der Waals surface area contributed by atoms with E-state index >= 15 is 0 Å². The summed E-state index contributed by atoms with van der Waals surface area (Å²) in [5.41, 5.74) is 10.0. The lowest BCUT2D eigenvalue weighted by molar-refractivity contribution is 1.64. The molecule has 0 saturated heterocycles. The Labute approximate surface area is 278 Å². The van der Waals surface area contributed by atoms with Gasteiger partial charge in [0.05, 0.1) is 0 Å². The summed E-state index contributed by atoms with van der Waals surface area (Å²) in [6.07, 6.45) is 0. The van der Waals surface area contributed by atoms with Crippen LogP contribution in [-0.4, -0.2) is 0 Å². The lowest BCUT2D eigenvalue weighted by atomic mass is 9.85. The van der Waals surface area contributed by atoms with E-state index < -0.39 is 0 Å². The van der Waals surface area contributed by atoms with E-state index in [1.807, 2.05) is 11.3 Å². The summed E-state index contributed by atoms with van der Waals surface area (Å²) < 4.78 is 0. The van der Waals surface area contributed by atoms with Crippen molar-refractivity contribution >= 4 is 43.7 Å². The standard InChI is InChI=1S/C46H30S/c1-3-13-31(14-4-1)37-24-12-17-32-25-26-36(30-42(32)37)46-40-22-9-7-20-38(40)45(39-21-8-10-23-41(39)46)35-19-11-18-34(29-35)44-28-27-43(47-44)33-15-5-2-6-16-33/h1-30H. The van der Waals surface area contributed by atoms with Crippen LogP contribution in [0.2, 0.25) is 0 Å². The number of thiophene rings is 1. The minimum atomic E-state index is 1.24. The van der Waals surface area contributed by atoms with E-state index in [2.05, 4.69) is 182 Å². The van der Waals surface area contributed by atoms with Gasteiger partial charge in [-0.1, -0.05) is 158 Å². The highest BCUT2D eigenvalue weighted by molar-refractivity contribution is 7.18. The van der Waals surface area contributed by atoms with Gasteiger partial charge in [0.2, 0.25) is 0 Å². The van der Waals surface area contributed by atoms with Crippen molar-refractivity contribution in [3.8, 4) is 54.3 Å². The molecule has 0 saturated carbocycles. The molecule has 1 heterocycles. The second kappa shape index (κ2) is 11.6. The fourth-order valence-electron chi connectivity index (χ4n) is 7.13. The number of hydrogen-bond donors (Lipinski definition) is 0. The second-order valence-corrected chi connectivity index (χ2v) is 13.1. The predicted molar refractivity (Wildman–Crippen MR) is 204 cm³/mol. The summed E-state index contributed by atoms with van der Waals surface area (Å²) >= 11 is 1.85. The highest BCUT2D eigenvalue weighted by Gasteiger charge is 2.18. The third-order valence-electron chi connectivity index (χ3n) is 9.29. The van der Waals surface area contributed by atoms with Crippen LogP contribution in [0.15, 0.2) is 182 Å². The highest BCUT2D eigenvalue weighted by Crippen LogP contribution is 2.45. The van der Waals surface area contributed by atoms with Gasteiger partial charge in [0.15, 0.2) is 0 Å². The predicted octanol–water partition coefficient (Wildman–Crippen LogP) is 13.5. The van der Waals surface area contributed by atoms with Crippen molar-refractivity contribution in [2.45, 2.75) is 0 Å². The Kier molecular flexibility index (Phi) is 6.77. The van der Waals surface area contributed by atoms with Crippen LogP contribution >= 0.6 is 11.3 Å². The maximum atomic E-state index is 2.40. The molecule has 1 aromatic heterocycles. The van der Waals surface area contributed by atoms with Gasteiger partial charge in [-0.15, -0.1) is 11.3 Å². The topological polar surface area (TPSA) is 0 Å². The molecule has 47 heavy (non-hydrogen) atoms. The Morgan fingerprint density at radius 3 is 1.40 bits per heavy atom. The van der Waals surface area contributed by atoms with E-state index in [4.69, 9.17) is 0 Å². The second-order valence-electron chi connectivity index (χ2n) is 12.1. The van der Waals surface area contributed by atoms with Crippen LogP contribution in [0, 0.1) is 0 Å². The van der Waals surface area contributed by atoms with Crippen molar-refractivity contribution in [2.24, 2.45) is 0 Å². The molecule has 0 fully saturated rings.